The molecule has 4 atom stereocenters. The molecule has 1 heterocycles. The lowest BCUT2D eigenvalue weighted by atomic mass is 10.1. The molecule has 0 spiro atoms. The van der Waals surface area contributed by atoms with Crippen LogP contribution in [0.2, 0.25) is 0 Å². The summed E-state index contributed by atoms with van der Waals surface area (Å²) in [5.41, 5.74) is 0. The average molecular weight is 517 g/mol. The summed E-state index contributed by atoms with van der Waals surface area (Å²) in [6.07, 6.45) is -0.324. The lowest BCUT2D eigenvalue weighted by Gasteiger charge is -2.16. The van der Waals surface area contributed by atoms with Gasteiger partial charge in [0.15, 0.2) is 6.29 Å². The van der Waals surface area contributed by atoms with Crippen molar-refractivity contribution >= 4 is 31.9 Å². The van der Waals surface area contributed by atoms with Crippen molar-refractivity contribution in [3.05, 3.63) is 12.0 Å². The van der Waals surface area contributed by atoms with Gasteiger partial charge in [-0.15, -0.1) is 0 Å². The Balaban J connectivity index is 0. The Labute approximate surface area is 194 Å². The van der Waals surface area contributed by atoms with Crippen molar-refractivity contribution in [2.45, 2.75) is 56.8 Å². The van der Waals surface area contributed by atoms with Crippen molar-refractivity contribution in [1.82, 2.24) is 9.97 Å². The Morgan fingerprint density at radius 3 is 2.15 bits per heavy atom. The lowest BCUT2D eigenvalue weighted by molar-refractivity contribution is -0.145. The van der Waals surface area contributed by atoms with Gasteiger partial charge in [0.2, 0.25) is 0 Å². The van der Waals surface area contributed by atoms with E-state index in [-0.39, 0.29) is 12.1 Å². The fourth-order valence-electron chi connectivity index (χ4n) is 2.09. The van der Waals surface area contributed by atoms with E-state index in [1.54, 1.807) is 6.20 Å². The summed E-state index contributed by atoms with van der Waals surface area (Å²) in [5, 5.41) is 54.8. The molecule has 0 saturated heterocycles. The number of aliphatic hydroxyl groups excluding tert-OH is 4. The Morgan fingerprint density at radius 2 is 1.74 bits per heavy atom. The third-order valence-electron chi connectivity index (χ3n) is 3.76. The summed E-state index contributed by atoms with van der Waals surface area (Å²) >= 11 is 0. The first kappa shape index (κ1) is 33.7. The van der Waals surface area contributed by atoms with Crippen molar-refractivity contribution < 1.29 is 64.3 Å². The number of carboxylic acid groups (broad SMARTS) is 2. The molecule has 17 heteroatoms. The van der Waals surface area contributed by atoms with Crippen LogP contribution in [0.3, 0.4) is 0 Å². The second-order valence-electron chi connectivity index (χ2n) is 6.67. The number of nitrogens with zero attached hydrogens (tertiary/aromatic N) is 1. The number of carbonyl (C=O) groups excluding carboxylic acids is 1. The van der Waals surface area contributed by atoms with Gasteiger partial charge >= 0.3 is 19.8 Å². The van der Waals surface area contributed by atoms with Crippen LogP contribution in [-0.4, -0.2) is 105 Å². The zero-order valence-corrected chi connectivity index (χ0v) is 19.2. The molecule has 1 aromatic rings. The molecule has 0 radical (unpaired) electrons. The van der Waals surface area contributed by atoms with Crippen LogP contribution in [0.25, 0.3) is 0 Å². The number of aliphatic hydroxyl groups is 4. The number of H-pyrrole nitrogens is 1. The SMILES string of the molecule is CCCCCNc1c[nH]c(C(CC(=O)O)C(=O)O)n1.O=CC(O)C(O)C(O)CO.O=P(O)(O)O. The summed E-state index contributed by atoms with van der Waals surface area (Å²) < 4.78 is 8.88. The van der Waals surface area contributed by atoms with Gasteiger partial charge in [-0.25, -0.2) is 9.55 Å². The molecular weight excluding hydrogens is 485 g/mol. The van der Waals surface area contributed by atoms with Gasteiger partial charge in [-0.3, -0.25) is 9.59 Å². The number of unbranched alkanes of at least 4 members (excludes halogenated alkanes) is 2. The van der Waals surface area contributed by atoms with E-state index in [0.717, 1.165) is 25.8 Å². The van der Waals surface area contributed by atoms with Gasteiger partial charge in [0.1, 0.15) is 35.9 Å². The molecule has 0 fully saturated rings. The molecule has 0 aliphatic carbocycles. The molecule has 1 rings (SSSR count). The first-order valence-electron chi connectivity index (χ1n) is 9.80. The number of aliphatic carboxylic acids is 2. The molecule has 16 nitrogen and oxygen atoms in total. The van der Waals surface area contributed by atoms with Crippen LogP contribution < -0.4 is 5.32 Å². The molecule has 0 aliphatic rings. The Morgan fingerprint density at radius 1 is 1.18 bits per heavy atom. The topological polar surface area (TPSA) is 291 Å². The summed E-state index contributed by atoms with van der Waals surface area (Å²) in [6, 6.07) is 0. The van der Waals surface area contributed by atoms with E-state index < -0.39 is 57.0 Å². The molecule has 34 heavy (non-hydrogen) atoms. The number of nitrogens with one attached hydrogen (secondary N) is 2. The number of carbonyl (C=O) groups is 3. The van der Waals surface area contributed by atoms with Gasteiger partial charge in [-0.1, -0.05) is 19.8 Å². The quantitative estimate of drug-likeness (QED) is 0.0765. The van der Waals surface area contributed by atoms with E-state index in [2.05, 4.69) is 22.2 Å². The highest BCUT2D eigenvalue weighted by molar-refractivity contribution is 7.45. The smallest absolute Gasteiger partial charge is 0.466 e. The number of phosphoric acid groups is 1. The number of anilines is 1. The van der Waals surface area contributed by atoms with Gasteiger partial charge in [0, 0.05) is 12.7 Å². The maximum Gasteiger partial charge on any atom is 0.466 e. The number of aromatic nitrogens is 2. The van der Waals surface area contributed by atoms with E-state index in [0.29, 0.717) is 5.82 Å². The van der Waals surface area contributed by atoms with E-state index in [4.69, 9.17) is 49.9 Å². The highest BCUT2D eigenvalue weighted by Crippen LogP contribution is 2.25. The summed E-state index contributed by atoms with van der Waals surface area (Å²) in [6.45, 7) is 2.18. The van der Waals surface area contributed by atoms with Crippen LogP contribution in [0.1, 0.15) is 44.3 Å². The van der Waals surface area contributed by atoms with Gasteiger partial charge in [-0.05, 0) is 6.42 Å². The molecule has 1 aromatic heterocycles. The minimum absolute atomic E-state index is 0.0869. The van der Waals surface area contributed by atoms with E-state index in [9.17, 15) is 14.4 Å². The maximum atomic E-state index is 11.0. The van der Waals surface area contributed by atoms with Crippen molar-refractivity contribution in [2.75, 3.05) is 18.5 Å². The van der Waals surface area contributed by atoms with Gasteiger partial charge in [0.25, 0.3) is 0 Å². The molecule has 0 aromatic carbocycles. The first-order valence-corrected chi connectivity index (χ1v) is 11.4. The highest BCUT2D eigenvalue weighted by Gasteiger charge is 2.26. The minimum Gasteiger partial charge on any atom is -0.481 e. The standard InChI is InChI=1S/C12H19N3O4.C5H10O5.H3O4P/c1-2-3-4-5-13-9-7-14-11(15-9)8(12(18)19)6-10(16)17;6-1-3(8)5(10)4(9)2-7;1-5(2,3)4/h7-8,13H,2-6H2,1H3,(H,14,15)(H,16,17)(H,18,19);1,3-5,7-10H,2H2;(H3,1,2,3,4). The van der Waals surface area contributed by atoms with Crippen molar-refractivity contribution in [3.8, 4) is 0 Å². The minimum atomic E-state index is -4.64. The number of rotatable bonds is 13. The first-order chi connectivity index (χ1) is 15.7. The van der Waals surface area contributed by atoms with Crippen LogP contribution >= 0.6 is 7.82 Å². The van der Waals surface area contributed by atoms with Crippen molar-refractivity contribution in [2.24, 2.45) is 0 Å². The number of aldehydes is 1. The molecule has 0 saturated carbocycles. The normalized spacial score (nSPS) is 14.2. The van der Waals surface area contributed by atoms with Crippen molar-refractivity contribution in [1.29, 1.82) is 0 Å². The largest absolute Gasteiger partial charge is 0.481 e. The fourth-order valence-corrected chi connectivity index (χ4v) is 2.09. The number of hydrogen-bond donors (Lipinski definition) is 11. The van der Waals surface area contributed by atoms with E-state index >= 15 is 0 Å². The number of imidazole rings is 1. The van der Waals surface area contributed by atoms with Gasteiger partial charge < -0.3 is 60.4 Å². The third kappa shape index (κ3) is 18.0. The fraction of sp³-hybridized carbons (Fsp3) is 0.647. The van der Waals surface area contributed by atoms with Gasteiger partial charge in [0.05, 0.1) is 13.0 Å². The van der Waals surface area contributed by atoms with Gasteiger partial charge in [-0.2, -0.15) is 0 Å². The Kier molecular flexibility index (Phi) is 17.8. The Hall–Kier alpha value is -2.43. The highest BCUT2D eigenvalue weighted by atomic mass is 31.2. The van der Waals surface area contributed by atoms with Crippen LogP contribution in [-0.2, 0) is 18.9 Å². The zero-order valence-electron chi connectivity index (χ0n) is 18.3. The predicted molar refractivity (Wildman–Crippen MR) is 115 cm³/mol. The monoisotopic (exact) mass is 517 g/mol. The van der Waals surface area contributed by atoms with Crippen LogP contribution in [0, 0.1) is 0 Å². The number of aromatic amines is 1. The van der Waals surface area contributed by atoms with Crippen molar-refractivity contribution in [3.63, 3.8) is 0 Å². The zero-order chi connectivity index (χ0) is 26.9. The molecular formula is C17H32N3O13P. The molecule has 0 bridgehead atoms. The van der Waals surface area contributed by atoms with Crippen LogP contribution in [0.5, 0.6) is 0 Å². The molecule has 11 N–H and O–H groups in total. The molecule has 0 aliphatic heterocycles. The molecule has 198 valence electrons. The van der Waals surface area contributed by atoms with Crippen LogP contribution in [0.15, 0.2) is 6.20 Å². The van der Waals surface area contributed by atoms with E-state index in [1.165, 1.54) is 0 Å². The maximum absolute atomic E-state index is 11.0. The summed E-state index contributed by atoms with van der Waals surface area (Å²) in [4.78, 5) is 59.7. The van der Waals surface area contributed by atoms with Crippen LogP contribution in [0.4, 0.5) is 5.82 Å². The number of carboxylic acids is 2. The molecule has 4 unspecified atom stereocenters. The number of hydrogen-bond acceptors (Lipinski definition) is 10. The second kappa shape index (κ2) is 18.0. The molecule has 0 amide bonds. The second-order valence-corrected chi connectivity index (χ2v) is 7.70. The lowest BCUT2D eigenvalue weighted by Crippen LogP contribution is -2.40. The Bertz CT molecular complexity index is 761. The van der Waals surface area contributed by atoms with E-state index in [1.807, 2.05) is 0 Å². The third-order valence-corrected chi connectivity index (χ3v) is 3.76. The average Bonchev–Trinajstić information content (AvgIpc) is 3.20. The predicted octanol–water partition coefficient (Wildman–Crippen LogP) is -2.01. The summed E-state index contributed by atoms with van der Waals surface area (Å²) in [5.74, 6) is -2.81. The summed E-state index contributed by atoms with van der Waals surface area (Å²) in [7, 11) is -4.64.